The molecule has 13 aromatic rings. The predicted molar refractivity (Wildman–Crippen MR) is 254 cm³/mol. The van der Waals surface area contributed by atoms with Crippen molar-refractivity contribution in [3.63, 3.8) is 0 Å². The molecule has 0 aliphatic carbocycles. The van der Waals surface area contributed by atoms with E-state index in [4.69, 9.17) is 0 Å². The fourth-order valence-electron chi connectivity index (χ4n) is 10.3. The molecule has 4 aromatic heterocycles. The van der Waals surface area contributed by atoms with Gasteiger partial charge in [0.05, 0.1) is 45.6 Å². The summed E-state index contributed by atoms with van der Waals surface area (Å²) in [6, 6.07) is 59.8. The largest absolute Gasteiger partial charge is 0.318 e. The summed E-state index contributed by atoms with van der Waals surface area (Å²) in [5.74, 6) is 0. The lowest BCUT2D eigenvalue weighted by molar-refractivity contribution is 1.14. The molecule has 0 saturated carbocycles. The van der Waals surface area contributed by atoms with Crippen LogP contribution >= 0.6 is 11.3 Å². The van der Waals surface area contributed by atoms with Crippen LogP contribution in [0.5, 0.6) is 0 Å². The van der Waals surface area contributed by atoms with Crippen LogP contribution in [0.1, 0.15) is 5.56 Å². The maximum atomic E-state index is 11.8. The Labute approximate surface area is 353 Å². The minimum Gasteiger partial charge on any atom is -0.318 e. The smallest absolute Gasteiger partial charge is 0.220 e. The van der Waals surface area contributed by atoms with Crippen molar-refractivity contribution in [1.82, 2.24) is 14.1 Å². The first-order valence-corrected chi connectivity index (χ1v) is 21.0. The third-order valence-corrected chi connectivity index (χ3v) is 13.7. The van der Waals surface area contributed by atoms with Gasteiger partial charge in [0.25, 0.3) is 0 Å². The fraction of sp³-hybridized carbons (Fsp3) is 0. The molecule has 0 saturated heterocycles. The Morgan fingerprint density at radius 2 is 1.11 bits per heavy atom. The van der Waals surface area contributed by atoms with Crippen LogP contribution in [0.4, 0.5) is 5.69 Å². The number of para-hydroxylation sites is 1. The lowest BCUT2D eigenvalue weighted by atomic mass is 9.88. The summed E-state index contributed by atoms with van der Waals surface area (Å²) in [7, 11) is 0. The fourth-order valence-corrected chi connectivity index (χ4v) is 11.4. The third-order valence-electron chi connectivity index (χ3n) is 12.6. The van der Waals surface area contributed by atoms with Crippen LogP contribution in [0.3, 0.4) is 0 Å². The van der Waals surface area contributed by atoms with Gasteiger partial charge in [-0.2, -0.15) is 5.26 Å². The molecule has 9 aromatic carbocycles. The Morgan fingerprint density at radius 3 is 1.84 bits per heavy atom. The molecule has 280 valence electrons. The van der Waals surface area contributed by atoms with Gasteiger partial charge in [0.1, 0.15) is 6.07 Å². The summed E-state index contributed by atoms with van der Waals surface area (Å²) in [6.07, 6.45) is 3.83. The van der Waals surface area contributed by atoms with Crippen molar-refractivity contribution < 1.29 is 0 Å². The average molecular weight is 792 g/mol. The van der Waals surface area contributed by atoms with Crippen molar-refractivity contribution in [1.29, 1.82) is 5.26 Å². The maximum Gasteiger partial charge on any atom is 0.220 e. The molecule has 0 N–H and O–H groups in total. The summed E-state index contributed by atoms with van der Waals surface area (Å²) in [4.78, 5) is 9.08. The Morgan fingerprint density at radius 1 is 0.492 bits per heavy atom. The molecule has 0 amide bonds. The number of fused-ring (bicyclic) bond motifs is 10. The highest BCUT2D eigenvalue weighted by atomic mass is 32.1. The van der Waals surface area contributed by atoms with Crippen molar-refractivity contribution in [2.45, 2.75) is 0 Å². The summed E-state index contributed by atoms with van der Waals surface area (Å²) >= 11 is 1.79. The van der Waals surface area contributed by atoms with Crippen molar-refractivity contribution in [3.05, 3.63) is 193 Å². The number of rotatable bonds is 4. The monoisotopic (exact) mass is 791 g/mol. The molecule has 0 unspecified atom stereocenters. The highest BCUT2D eigenvalue weighted by Crippen LogP contribution is 2.54. The van der Waals surface area contributed by atoms with Crippen LogP contribution in [-0.4, -0.2) is 14.1 Å². The molecular weight excluding hydrogens is 763 g/mol. The molecule has 0 bridgehead atoms. The van der Waals surface area contributed by atoms with Gasteiger partial charge in [0.2, 0.25) is 5.69 Å². The van der Waals surface area contributed by atoms with Gasteiger partial charge in [-0.15, -0.1) is 11.3 Å². The zero-order valence-electron chi connectivity index (χ0n) is 32.4. The first-order valence-electron chi connectivity index (χ1n) is 20.2. The minimum absolute atomic E-state index is 0.422. The number of nitriles is 1. The number of thiophene rings is 1. The molecular formula is C55H29N5S. The third kappa shape index (κ3) is 4.44. The number of hydrogen-bond acceptors (Lipinski definition) is 3. The van der Waals surface area contributed by atoms with Gasteiger partial charge in [-0.3, -0.25) is 4.98 Å². The molecule has 0 radical (unpaired) electrons. The zero-order chi connectivity index (χ0) is 40.3. The minimum atomic E-state index is 0.422. The van der Waals surface area contributed by atoms with E-state index in [1.807, 2.05) is 60.9 Å². The second-order valence-corrected chi connectivity index (χ2v) is 16.7. The number of hydrogen-bond donors (Lipinski definition) is 0. The summed E-state index contributed by atoms with van der Waals surface area (Å²) in [5.41, 5.74) is 9.50. The van der Waals surface area contributed by atoms with Gasteiger partial charge in [-0.05, 0) is 63.7 Å². The first-order chi connectivity index (χ1) is 30.2. The van der Waals surface area contributed by atoms with E-state index < -0.39 is 0 Å². The molecule has 0 aliphatic heterocycles. The van der Waals surface area contributed by atoms with Crippen molar-refractivity contribution >= 4 is 102 Å². The lowest BCUT2D eigenvalue weighted by Crippen LogP contribution is -2.08. The van der Waals surface area contributed by atoms with E-state index >= 15 is 0 Å². The van der Waals surface area contributed by atoms with Gasteiger partial charge in [-0.25, -0.2) is 4.85 Å². The number of nitrogens with zero attached hydrogens (tertiary/aromatic N) is 5. The number of pyridine rings is 1. The highest BCUT2D eigenvalue weighted by molar-refractivity contribution is 7.26. The van der Waals surface area contributed by atoms with Gasteiger partial charge in [-0.1, -0.05) is 127 Å². The lowest BCUT2D eigenvalue weighted by Gasteiger charge is -2.26. The molecule has 0 aliphatic rings. The topological polar surface area (TPSA) is 50.9 Å². The maximum absolute atomic E-state index is 11.8. The molecule has 0 spiro atoms. The SMILES string of the molecule is [C-]#[N+]c1c(-c2ccccc2)c(C#N)c(-n2c3ccccc3c3ccc4sc5ccccc5c4c32)c(-c2ccccc2)c1-n1c2cccc3c4ccncc4c4cccc1c4c32. The van der Waals surface area contributed by atoms with Gasteiger partial charge < -0.3 is 9.13 Å². The van der Waals surface area contributed by atoms with Crippen molar-refractivity contribution in [2.24, 2.45) is 0 Å². The van der Waals surface area contributed by atoms with E-state index in [1.54, 1.807) is 11.3 Å². The molecule has 5 nitrogen and oxygen atoms in total. The van der Waals surface area contributed by atoms with E-state index in [2.05, 4.69) is 140 Å². The number of benzene rings is 9. The first kappa shape index (κ1) is 33.7. The second kappa shape index (κ2) is 12.6. The molecule has 0 atom stereocenters. The quantitative estimate of drug-likeness (QED) is 0.132. The van der Waals surface area contributed by atoms with Crippen LogP contribution in [-0.2, 0) is 0 Å². The van der Waals surface area contributed by atoms with E-state index in [1.165, 1.54) is 14.8 Å². The number of aromatic nitrogens is 3. The normalized spacial score (nSPS) is 11.9. The standard InChI is InChI=1S/C55H29N5S/c1-57-52-47(32-14-4-2-5-15-32)40(30-56)54(60-42-22-10-8-18-35(42)38-26-27-46-51(53(38)60)39-19-9-11-25-45(39)61-46)48(33-16-6-3-7-17-33)55(52)59-43-23-12-20-36-34-28-29-58-31-41(34)37-21-13-24-44(59)50(37)49(36)43/h2-29,31H. The van der Waals surface area contributed by atoms with E-state index in [9.17, 15) is 11.8 Å². The Bertz CT molecular complexity index is 3980. The van der Waals surface area contributed by atoms with E-state index in [0.717, 1.165) is 98.6 Å². The van der Waals surface area contributed by atoms with Crippen molar-refractivity contribution in [2.75, 3.05) is 0 Å². The predicted octanol–water partition coefficient (Wildman–Crippen LogP) is 15.1. The van der Waals surface area contributed by atoms with Crippen LogP contribution < -0.4 is 0 Å². The average Bonchev–Trinajstić information content (AvgIpc) is 3.99. The van der Waals surface area contributed by atoms with Crippen LogP contribution in [0.2, 0.25) is 0 Å². The Balaban J connectivity index is 1.35. The zero-order valence-corrected chi connectivity index (χ0v) is 33.2. The summed E-state index contributed by atoms with van der Waals surface area (Å²) in [6.45, 7) is 9.20. The molecule has 0 fully saturated rings. The highest BCUT2D eigenvalue weighted by Gasteiger charge is 2.32. The molecule has 4 heterocycles. The molecule has 61 heavy (non-hydrogen) atoms. The molecule has 13 rings (SSSR count). The molecule has 6 heteroatoms. The Kier molecular flexibility index (Phi) is 6.96. The second-order valence-electron chi connectivity index (χ2n) is 15.6. The van der Waals surface area contributed by atoms with E-state index in [-0.39, 0.29) is 0 Å². The van der Waals surface area contributed by atoms with E-state index in [0.29, 0.717) is 16.8 Å². The van der Waals surface area contributed by atoms with Gasteiger partial charge in [0.15, 0.2) is 0 Å². The summed E-state index contributed by atoms with van der Waals surface area (Å²) in [5, 5.41) is 23.1. The van der Waals surface area contributed by atoms with Gasteiger partial charge in [0, 0.05) is 70.6 Å². The van der Waals surface area contributed by atoms with Gasteiger partial charge >= 0.3 is 0 Å². The summed E-state index contributed by atoms with van der Waals surface area (Å²) < 4.78 is 7.04. The van der Waals surface area contributed by atoms with Crippen LogP contribution in [0, 0.1) is 17.9 Å². The van der Waals surface area contributed by atoms with Crippen LogP contribution in [0.25, 0.3) is 124 Å². The van der Waals surface area contributed by atoms with Crippen molar-refractivity contribution in [3.8, 4) is 39.7 Å². The van der Waals surface area contributed by atoms with Crippen LogP contribution in [0.15, 0.2) is 176 Å². The Hall–Kier alpha value is -8.29.